The Labute approximate surface area is 96.4 Å². The van der Waals surface area contributed by atoms with Crippen LogP contribution >= 0.6 is 0 Å². The number of hydrogen-bond acceptors (Lipinski definition) is 2. The fraction of sp³-hybridized carbons (Fsp3) is 0.667. The van der Waals surface area contributed by atoms with Crippen molar-refractivity contribution in [3.05, 3.63) is 0 Å². The lowest BCUT2D eigenvalue weighted by Gasteiger charge is -2.36. The quantitative estimate of drug-likeness (QED) is 0.557. The molecule has 0 bridgehead atoms. The van der Waals surface area contributed by atoms with Gasteiger partial charge in [0, 0.05) is 13.0 Å². The summed E-state index contributed by atoms with van der Waals surface area (Å²) in [6.07, 6.45) is 7.61. The van der Waals surface area contributed by atoms with Crippen molar-refractivity contribution in [2.24, 2.45) is 0 Å². The molecule has 4 heteroatoms. The minimum atomic E-state index is -0.406. The van der Waals surface area contributed by atoms with E-state index in [-0.39, 0.29) is 17.9 Å². The minimum absolute atomic E-state index is 0.00666. The van der Waals surface area contributed by atoms with Crippen LogP contribution in [-0.2, 0) is 9.59 Å². The number of terminal acetylenes is 1. The Hall–Kier alpha value is -1.50. The van der Waals surface area contributed by atoms with E-state index in [2.05, 4.69) is 11.2 Å². The molecule has 0 radical (unpaired) electrons. The fourth-order valence-electron chi connectivity index (χ4n) is 1.79. The van der Waals surface area contributed by atoms with E-state index in [1.54, 1.807) is 18.7 Å². The van der Waals surface area contributed by atoms with Crippen LogP contribution in [0, 0.1) is 12.3 Å². The van der Waals surface area contributed by atoms with Crippen LogP contribution in [0.1, 0.15) is 33.1 Å². The first kappa shape index (κ1) is 12.6. The third-order valence-corrected chi connectivity index (χ3v) is 2.83. The Kier molecular flexibility index (Phi) is 4.36. The van der Waals surface area contributed by atoms with E-state index in [1.807, 2.05) is 0 Å². The van der Waals surface area contributed by atoms with Crippen LogP contribution in [0.3, 0.4) is 0 Å². The first-order valence-corrected chi connectivity index (χ1v) is 5.62. The first-order valence-electron chi connectivity index (χ1n) is 5.62. The number of carbonyl (C=O) groups is 2. The molecule has 2 atom stereocenters. The normalized spacial score (nSPS) is 25.2. The van der Waals surface area contributed by atoms with Crippen molar-refractivity contribution in [3.63, 3.8) is 0 Å². The molecule has 2 unspecified atom stereocenters. The summed E-state index contributed by atoms with van der Waals surface area (Å²) in [6, 6.07) is -0.772. The Morgan fingerprint density at radius 2 is 2.06 bits per heavy atom. The summed E-state index contributed by atoms with van der Waals surface area (Å²) in [7, 11) is 0. The van der Waals surface area contributed by atoms with Gasteiger partial charge in [0.25, 0.3) is 0 Å². The van der Waals surface area contributed by atoms with Crippen molar-refractivity contribution < 1.29 is 9.59 Å². The highest BCUT2D eigenvalue weighted by Crippen LogP contribution is 2.11. The van der Waals surface area contributed by atoms with Crippen molar-refractivity contribution in [1.29, 1.82) is 0 Å². The molecule has 88 valence electrons. The summed E-state index contributed by atoms with van der Waals surface area (Å²) >= 11 is 0. The zero-order valence-corrected chi connectivity index (χ0v) is 9.82. The number of nitrogens with zero attached hydrogens (tertiary/aromatic N) is 1. The smallest absolute Gasteiger partial charge is 0.245 e. The third-order valence-electron chi connectivity index (χ3n) is 2.83. The number of rotatable bonds is 4. The number of amides is 2. The van der Waals surface area contributed by atoms with Crippen molar-refractivity contribution in [1.82, 2.24) is 10.2 Å². The molecule has 2 amide bonds. The minimum Gasteiger partial charge on any atom is -0.343 e. The van der Waals surface area contributed by atoms with Gasteiger partial charge in [-0.15, -0.1) is 12.3 Å². The number of nitrogens with one attached hydrogen (secondary N) is 1. The highest BCUT2D eigenvalue weighted by Gasteiger charge is 2.34. The highest BCUT2D eigenvalue weighted by molar-refractivity contribution is 5.96. The van der Waals surface area contributed by atoms with E-state index in [1.165, 1.54) is 0 Å². The van der Waals surface area contributed by atoms with Crippen LogP contribution in [0.5, 0.6) is 0 Å². The molecule has 1 aliphatic heterocycles. The van der Waals surface area contributed by atoms with Crippen LogP contribution in [0.15, 0.2) is 0 Å². The molecule has 1 rings (SSSR count). The van der Waals surface area contributed by atoms with Crippen LogP contribution in [0.4, 0.5) is 0 Å². The van der Waals surface area contributed by atoms with Gasteiger partial charge in [-0.05, 0) is 26.7 Å². The van der Waals surface area contributed by atoms with Crippen LogP contribution in [-0.4, -0.2) is 35.3 Å². The summed E-state index contributed by atoms with van der Waals surface area (Å²) < 4.78 is 0. The third kappa shape index (κ3) is 2.75. The van der Waals surface area contributed by atoms with Gasteiger partial charge in [0.05, 0.1) is 0 Å². The molecule has 4 nitrogen and oxygen atoms in total. The second-order valence-electron chi connectivity index (χ2n) is 4.10. The molecule has 0 aromatic rings. The van der Waals surface area contributed by atoms with Gasteiger partial charge in [-0.1, -0.05) is 0 Å². The number of piperazine rings is 1. The summed E-state index contributed by atoms with van der Waals surface area (Å²) in [5, 5.41) is 2.65. The molecular formula is C12H18N2O2. The van der Waals surface area contributed by atoms with Crippen LogP contribution in [0.2, 0.25) is 0 Å². The van der Waals surface area contributed by atoms with Gasteiger partial charge < -0.3 is 10.2 Å². The highest BCUT2D eigenvalue weighted by atomic mass is 16.2. The molecule has 0 aliphatic carbocycles. The van der Waals surface area contributed by atoms with Crippen LogP contribution < -0.4 is 5.32 Å². The Bertz CT molecular complexity index is 319. The average Bonchev–Trinajstić information content (AvgIpc) is 2.25. The summed E-state index contributed by atoms with van der Waals surface area (Å²) in [5.74, 6) is 2.48. The van der Waals surface area contributed by atoms with Crippen LogP contribution in [0.25, 0.3) is 0 Å². The molecule has 1 fully saturated rings. The molecule has 1 aliphatic rings. The van der Waals surface area contributed by atoms with E-state index in [4.69, 9.17) is 6.42 Å². The zero-order valence-electron chi connectivity index (χ0n) is 9.82. The van der Waals surface area contributed by atoms with Gasteiger partial charge >= 0.3 is 0 Å². The molecule has 0 aromatic carbocycles. The lowest BCUT2D eigenvalue weighted by atomic mass is 10.1. The molecule has 0 spiro atoms. The number of unbranched alkanes of at least 4 members (excludes halogenated alkanes) is 2. The predicted molar refractivity (Wildman–Crippen MR) is 61.5 cm³/mol. The topological polar surface area (TPSA) is 49.4 Å². The average molecular weight is 222 g/mol. The van der Waals surface area contributed by atoms with Gasteiger partial charge in [0.15, 0.2) is 0 Å². The lowest BCUT2D eigenvalue weighted by Crippen LogP contribution is -2.61. The molecule has 1 N–H and O–H groups in total. The largest absolute Gasteiger partial charge is 0.343 e. The standard InChI is InChI=1S/C12H18N2O2/c1-4-5-6-7-8-14-10(3)11(15)13-9(2)12(14)16/h1,9-10H,5-8H2,2-3H3,(H,13,15). The second kappa shape index (κ2) is 5.55. The van der Waals surface area contributed by atoms with E-state index < -0.39 is 6.04 Å². The summed E-state index contributed by atoms with van der Waals surface area (Å²) in [5.41, 5.74) is 0. The lowest BCUT2D eigenvalue weighted by molar-refractivity contribution is -0.148. The zero-order chi connectivity index (χ0) is 12.1. The van der Waals surface area contributed by atoms with E-state index in [9.17, 15) is 9.59 Å². The van der Waals surface area contributed by atoms with E-state index in [0.29, 0.717) is 6.54 Å². The van der Waals surface area contributed by atoms with Crippen molar-refractivity contribution in [3.8, 4) is 12.3 Å². The number of hydrogen-bond donors (Lipinski definition) is 1. The number of carbonyl (C=O) groups excluding carboxylic acids is 2. The summed E-state index contributed by atoms with van der Waals surface area (Å²) in [4.78, 5) is 25.0. The van der Waals surface area contributed by atoms with Gasteiger partial charge in [-0.2, -0.15) is 0 Å². The molecule has 1 saturated heterocycles. The second-order valence-corrected chi connectivity index (χ2v) is 4.10. The maximum Gasteiger partial charge on any atom is 0.245 e. The Balaban J connectivity index is 2.51. The Morgan fingerprint density at radius 1 is 1.38 bits per heavy atom. The van der Waals surface area contributed by atoms with Gasteiger partial charge in [-0.3, -0.25) is 9.59 Å². The predicted octanol–water partition coefficient (Wildman–Crippen LogP) is 0.525. The van der Waals surface area contributed by atoms with Crippen molar-refractivity contribution >= 4 is 11.8 Å². The Morgan fingerprint density at radius 3 is 2.69 bits per heavy atom. The maximum atomic E-state index is 11.8. The SMILES string of the molecule is C#CCCCCN1C(=O)C(C)NC(=O)C1C. The fourth-order valence-corrected chi connectivity index (χ4v) is 1.79. The monoisotopic (exact) mass is 222 g/mol. The molecule has 0 saturated carbocycles. The van der Waals surface area contributed by atoms with Gasteiger partial charge in [-0.25, -0.2) is 0 Å². The van der Waals surface area contributed by atoms with Gasteiger partial charge in [0.2, 0.25) is 11.8 Å². The van der Waals surface area contributed by atoms with Gasteiger partial charge in [0.1, 0.15) is 12.1 Å². The summed E-state index contributed by atoms with van der Waals surface area (Å²) in [6.45, 7) is 4.07. The molecule has 16 heavy (non-hydrogen) atoms. The molecular weight excluding hydrogens is 204 g/mol. The maximum absolute atomic E-state index is 11.8. The van der Waals surface area contributed by atoms with Crippen molar-refractivity contribution in [2.45, 2.75) is 45.2 Å². The first-order chi connectivity index (χ1) is 7.57. The van der Waals surface area contributed by atoms with E-state index >= 15 is 0 Å². The van der Waals surface area contributed by atoms with E-state index in [0.717, 1.165) is 19.3 Å². The van der Waals surface area contributed by atoms with Crippen molar-refractivity contribution in [2.75, 3.05) is 6.54 Å². The molecule has 0 aromatic heterocycles. The molecule has 1 heterocycles.